The lowest BCUT2D eigenvalue weighted by Gasteiger charge is -2.14. The number of hydrogen-bond acceptors (Lipinski definition) is 3. The van der Waals surface area contributed by atoms with E-state index in [-0.39, 0.29) is 0 Å². The SMILES string of the molecule is CCOc1ccccc1CNC(=NC)NCCCc1nc2ccccc2[nH]1. The van der Waals surface area contributed by atoms with Gasteiger partial charge in [-0.2, -0.15) is 0 Å². The van der Waals surface area contributed by atoms with Crippen molar-refractivity contribution in [3.8, 4) is 5.75 Å². The number of ether oxygens (including phenoxy) is 1. The van der Waals surface area contributed by atoms with E-state index >= 15 is 0 Å². The fraction of sp³-hybridized carbons (Fsp3) is 0.333. The molecule has 0 aliphatic heterocycles. The smallest absolute Gasteiger partial charge is 0.191 e. The summed E-state index contributed by atoms with van der Waals surface area (Å²) in [5, 5.41) is 6.69. The Hall–Kier alpha value is -3.02. The Balaban J connectivity index is 1.44. The lowest BCUT2D eigenvalue weighted by atomic mass is 10.2. The molecule has 0 atom stereocenters. The van der Waals surface area contributed by atoms with Crippen molar-refractivity contribution < 1.29 is 4.74 Å². The van der Waals surface area contributed by atoms with E-state index in [2.05, 4.69) is 37.7 Å². The van der Waals surface area contributed by atoms with E-state index in [4.69, 9.17) is 4.74 Å². The molecule has 3 rings (SSSR count). The first-order chi connectivity index (χ1) is 13.3. The van der Waals surface area contributed by atoms with Gasteiger partial charge < -0.3 is 20.4 Å². The van der Waals surface area contributed by atoms with Crippen LogP contribution in [0.4, 0.5) is 0 Å². The minimum atomic E-state index is 0.659. The van der Waals surface area contributed by atoms with Gasteiger partial charge in [-0.25, -0.2) is 4.98 Å². The molecule has 0 aliphatic rings. The van der Waals surface area contributed by atoms with Crippen LogP contribution in [0.2, 0.25) is 0 Å². The van der Waals surface area contributed by atoms with Crippen molar-refractivity contribution in [2.45, 2.75) is 26.3 Å². The van der Waals surface area contributed by atoms with Gasteiger partial charge in [0.15, 0.2) is 5.96 Å². The van der Waals surface area contributed by atoms with Crippen LogP contribution in [0.1, 0.15) is 24.7 Å². The summed E-state index contributed by atoms with van der Waals surface area (Å²) in [6, 6.07) is 16.2. The van der Waals surface area contributed by atoms with E-state index < -0.39 is 0 Å². The standard InChI is InChI=1S/C21H27N5O/c1-3-27-19-12-7-4-9-16(19)15-24-21(22-2)23-14-8-13-20-25-17-10-5-6-11-18(17)26-20/h4-7,9-12H,3,8,13-15H2,1-2H3,(H,25,26)(H2,22,23,24). The zero-order valence-electron chi connectivity index (χ0n) is 16.0. The summed E-state index contributed by atoms with van der Waals surface area (Å²) in [7, 11) is 1.78. The molecule has 0 unspecified atom stereocenters. The van der Waals surface area contributed by atoms with Crippen molar-refractivity contribution in [2.75, 3.05) is 20.2 Å². The van der Waals surface area contributed by atoms with Crippen LogP contribution < -0.4 is 15.4 Å². The number of aryl methyl sites for hydroxylation is 1. The van der Waals surface area contributed by atoms with Crippen LogP contribution in [0.25, 0.3) is 11.0 Å². The number of imidazole rings is 1. The fourth-order valence-corrected chi connectivity index (χ4v) is 2.93. The largest absolute Gasteiger partial charge is 0.494 e. The fourth-order valence-electron chi connectivity index (χ4n) is 2.93. The van der Waals surface area contributed by atoms with E-state index in [1.165, 1.54) is 0 Å². The highest BCUT2D eigenvalue weighted by Gasteiger charge is 2.05. The number of aliphatic imine (C=N–C) groups is 1. The minimum Gasteiger partial charge on any atom is -0.494 e. The highest BCUT2D eigenvalue weighted by Crippen LogP contribution is 2.17. The van der Waals surface area contributed by atoms with Crippen LogP contribution in [0, 0.1) is 0 Å². The van der Waals surface area contributed by atoms with Crippen molar-refractivity contribution in [1.29, 1.82) is 0 Å². The van der Waals surface area contributed by atoms with Crippen LogP contribution in [-0.2, 0) is 13.0 Å². The summed E-state index contributed by atoms with van der Waals surface area (Å²) in [4.78, 5) is 12.3. The van der Waals surface area contributed by atoms with Crippen LogP contribution in [-0.4, -0.2) is 36.1 Å². The molecule has 0 spiro atoms. The van der Waals surface area contributed by atoms with Crippen LogP contribution in [0.3, 0.4) is 0 Å². The Kier molecular flexibility index (Phi) is 6.68. The predicted molar refractivity (Wildman–Crippen MR) is 110 cm³/mol. The van der Waals surface area contributed by atoms with Gasteiger partial charge >= 0.3 is 0 Å². The summed E-state index contributed by atoms with van der Waals surface area (Å²) in [5.41, 5.74) is 3.22. The third-order valence-corrected chi connectivity index (χ3v) is 4.26. The lowest BCUT2D eigenvalue weighted by Crippen LogP contribution is -2.37. The molecule has 0 fully saturated rings. The van der Waals surface area contributed by atoms with Gasteiger partial charge in [-0.15, -0.1) is 0 Å². The number of nitrogens with zero attached hydrogens (tertiary/aromatic N) is 2. The topological polar surface area (TPSA) is 74.3 Å². The van der Waals surface area contributed by atoms with Gasteiger partial charge in [0, 0.05) is 32.1 Å². The van der Waals surface area contributed by atoms with Gasteiger partial charge in [0.1, 0.15) is 11.6 Å². The number of aromatic nitrogens is 2. The number of nitrogens with one attached hydrogen (secondary N) is 3. The molecule has 27 heavy (non-hydrogen) atoms. The maximum atomic E-state index is 5.66. The molecule has 6 heteroatoms. The van der Waals surface area contributed by atoms with Gasteiger partial charge in [0.25, 0.3) is 0 Å². The third kappa shape index (κ3) is 5.23. The van der Waals surface area contributed by atoms with Crippen LogP contribution in [0.15, 0.2) is 53.5 Å². The Morgan fingerprint density at radius 3 is 2.74 bits per heavy atom. The average Bonchev–Trinajstić information content (AvgIpc) is 3.11. The second-order valence-electron chi connectivity index (χ2n) is 6.20. The maximum absolute atomic E-state index is 5.66. The maximum Gasteiger partial charge on any atom is 0.191 e. The third-order valence-electron chi connectivity index (χ3n) is 4.26. The molecule has 3 aromatic rings. The molecule has 0 amide bonds. The van der Waals surface area contributed by atoms with Crippen molar-refractivity contribution in [1.82, 2.24) is 20.6 Å². The molecule has 0 saturated carbocycles. The molecular formula is C21H27N5O. The lowest BCUT2D eigenvalue weighted by molar-refractivity contribution is 0.336. The number of fused-ring (bicyclic) bond motifs is 1. The molecule has 142 valence electrons. The monoisotopic (exact) mass is 365 g/mol. The van der Waals surface area contributed by atoms with E-state index in [0.717, 1.165) is 53.5 Å². The van der Waals surface area contributed by atoms with Gasteiger partial charge in [0.05, 0.1) is 17.6 Å². The zero-order chi connectivity index (χ0) is 18.9. The second kappa shape index (κ2) is 9.62. The predicted octanol–water partition coefficient (Wildman–Crippen LogP) is 3.26. The molecular weight excluding hydrogens is 338 g/mol. The Morgan fingerprint density at radius 2 is 1.93 bits per heavy atom. The van der Waals surface area contributed by atoms with Crippen LogP contribution >= 0.6 is 0 Å². The Morgan fingerprint density at radius 1 is 1.11 bits per heavy atom. The van der Waals surface area contributed by atoms with E-state index in [1.807, 2.05) is 43.3 Å². The van der Waals surface area contributed by atoms with Gasteiger partial charge in [0.2, 0.25) is 0 Å². The number of benzene rings is 2. The van der Waals surface area contributed by atoms with Crippen molar-refractivity contribution in [2.24, 2.45) is 4.99 Å². The normalized spacial score (nSPS) is 11.6. The number of para-hydroxylation sites is 3. The van der Waals surface area contributed by atoms with E-state index in [1.54, 1.807) is 7.05 Å². The number of guanidine groups is 1. The molecule has 0 saturated heterocycles. The number of rotatable bonds is 8. The summed E-state index contributed by atoms with van der Waals surface area (Å²) in [6.07, 6.45) is 1.86. The zero-order valence-corrected chi connectivity index (χ0v) is 16.0. The molecule has 3 N–H and O–H groups in total. The van der Waals surface area contributed by atoms with Crippen molar-refractivity contribution >= 4 is 17.0 Å². The second-order valence-corrected chi connectivity index (χ2v) is 6.20. The molecule has 1 aromatic heterocycles. The molecule has 6 nitrogen and oxygen atoms in total. The Bertz CT molecular complexity index is 854. The van der Waals surface area contributed by atoms with Gasteiger partial charge in [-0.05, 0) is 31.5 Å². The summed E-state index contributed by atoms with van der Waals surface area (Å²) in [6.45, 7) is 4.14. The summed E-state index contributed by atoms with van der Waals surface area (Å²) >= 11 is 0. The average molecular weight is 365 g/mol. The molecule has 0 bridgehead atoms. The Labute approximate surface area is 160 Å². The highest BCUT2D eigenvalue weighted by molar-refractivity contribution is 5.79. The van der Waals surface area contributed by atoms with Crippen molar-refractivity contribution in [3.63, 3.8) is 0 Å². The quantitative estimate of drug-likeness (QED) is 0.325. The summed E-state index contributed by atoms with van der Waals surface area (Å²) < 4.78 is 5.66. The van der Waals surface area contributed by atoms with Gasteiger partial charge in [-0.1, -0.05) is 30.3 Å². The first kappa shape index (κ1) is 18.8. The van der Waals surface area contributed by atoms with Crippen LogP contribution in [0.5, 0.6) is 5.75 Å². The number of aromatic amines is 1. The molecule has 1 heterocycles. The van der Waals surface area contributed by atoms with E-state index in [0.29, 0.717) is 13.2 Å². The first-order valence-electron chi connectivity index (χ1n) is 9.39. The molecule has 0 radical (unpaired) electrons. The highest BCUT2D eigenvalue weighted by atomic mass is 16.5. The number of hydrogen-bond donors (Lipinski definition) is 3. The molecule has 2 aromatic carbocycles. The first-order valence-corrected chi connectivity index (χ1v) is 9.39. The number of H-pyrrole nitrogens is 1. The minimum absolute atomic E-state index is 0.659. The van der Waals surface area contributed by atoms with E-state index in [9.17, 15) is 0 Å². The summed E-state index contributed by atoms with van der Waals surface area (Å²) in [5.74, 6) is 2.71. The van der Waals surface area contributed by atoms with Gasteiger partial charge in [-0.3, -0.25) is 4.99 Å². The molecule has 0 aliphatic carbocycles. The van der Waals surface area contributed by atoms with Crippen molar-refractivity contribution in [3.05, 3.63) is 59.9 Å².